The predicted molar refractivity (Wildman–Crippen MR) is 120 cm³/mol. The lowest BCUT2D eigenvalue weighted by atomic mass is 10.2. The van der Waals surface area contributed by atoms with Gasteiger partial charge in [0.2, 0.25) is 0 Å². The molecule has 0 N–H and O–H groups in total. The molecule has 0 bridgehead atoms. The van der Waals surface area contributed by atoms with Crippen LogP contribution < -0.4 is 14.5 Å². The van der Waals surface area contributed by atoms with Gasteiger partial charge in [0, 0.05) is 37.6 Å². The number of pyridine rings is 1. The molecule has 0 saturated carbocycles. The summed E-state index contributed by atoms with van der Waals surface area (Å²) >= 11 is 0. The fourth-order valence-corrected chi connectivity index (χ4v) is 3.14. The van der Waals surface area contributed by atoms with Crippen LogP contribution in [0, 0.1) is 11.6 Å². The van der Waals surface area contributed by atoms with E-state index in [1.54, 1.807) is 23.2 Å². The van der Waals surface area contributed by atoms with Crippen LogP contribution in [0.1, 0.15) is 0 Å². The minimum absolute atomic E-state index is 0.463. The lowest BCUT2D eigenvalue weighted by Gasteiger charge is -2.24. The van der Waals surface area contributed by atoms with Crippen molar-refractivity contribution in [1.82, 2.24) is 4.98 Å². The molecular weight excluding hydrogens is 396 g/mol. The average molecular weight is 417 g/mol. The number of anilines is 4. The molecular formula is C25H21F2N3O. The molecule has 4 rings (SSSR count). The summed E-state index contributed by atoms with van der Waals surface area (Å²) in [6.45, 7) is 0. The Labute approximate surface area is 180 Å². The third-order valence-corrected chi connectivity index (χ3v) is 4.70. The quantitative estimate of drug-likeness (QED) is 0.350. The molecule has 0 atom stereocenters. The molecule has 0 fully saturated rings. The van der Waals surface area contributed by atoms with Gasteiger partial charge < -0.3 is 9.64 Å². The van der Waals surface area contributed by atoms with Gasteiger partial charge in [0.15, 0.2) is 11.6 Å². The molecule has 4 nitrogen and oxygen atoms in total. The number of hydrogen-bond acceptors (Lipinski definition) is 4. The second kappa shape index (κ2) is 8.83. The second-order valence-corrected chi connectivity index (χ2v) is 7.12. The van der Waals surface area contributed by atoms with Gasteiger partial charge in [-0.3, -0.25) is 4.90 Å². The van der Waals surface area contributed by atoms with Crippen molar-refractivity contribution in [3.8, 4) is 11.5 Å². The number of ether oxygens (including phenoxy) is 1. The van der Waals surface area contributed by atoms with E-state index in [0.29, 0.717) is 23.0 Å². The van der Waals surface area contributed by atoms with Crippen LogP contribution in [-0.4, -0.2) is 19.1 Å². The topological polar surface area (TPSA) is 28.6 Å². The minimum atomic E-state index is -0.917. The SMILES string of the molecule is CN(C)c1cccc(Oc2ccc(N(c3ccccc3)c3ccc(F)c(F)c3)nc2)c1. The first-order valence-corrected chi connectivity index (χ1v) is 9.73. The van der Waals surface area contributed by atoms with Gasteiger partial charge in [0.1, 0.15) is 17.3 Å². The minimum Gasteiger partial charge on any atom is -0.456 e. The molecule has 0 saturated heterocycles. The van der Waals surface area contributed by atoms with Crippen molar-refractivity contribution < 1.29 is 13.5 Å². The molecule has 1 aromatic heterocycles. The Balaban J connectivity index is 1.65. The van der Waals surface area contributed by atoms with E-state index in [2.05, 4.69) is 4.98 Å². The van der Waals surface area contributed by atoms with Crippen molar-refractivity contribution in [3.63, 3.8) is 0 Å². The summed E-state index contributed by atoms with van der Waals surface area (Å²) in [6, 6.07) is 24.5. The van der Waals surface area contributed by atoms with Crippen LogP contribution in [-0.2, 0) is 0 Å². The van der Waals surface area contributed by atoms with Crippen LogP contribution in [0.5, 0.6) is 11.5 Å². The van der Waals surface area contributed by atoms with Gasteiger partial charge in [-0.25, -0.2) is 13.8 Å². The monoisotopic (exact) mass is 417 g/mol. The maximum Gasteiger partial charge on any atom is 0.160 e. The summed E-state index contributed by atoms with van der Waals surface area (Å²) in [5, 5.41) is 0. The van der Waals surface area contributed by atoms with E-state index in [1.807, 2.05) is 73.6 Å². The van der Waals surface area contributed by atoms with Gasteiger partial charge in [-0.15, -0.1) is 0 Å². The van der Waals surface area contributed by atoms with Crippen molar-refractivity contribution in [1.29, 1.82) is 0 Å². The van der Waals surface area contributed by atoms with Crippen LogP contribution in [0.3, 0.4) is 0 Å². The van der Waals surface area contributed by atoms with Crippen LogP contribution in [0.4, 0.5) is 31.7 Å². The summed E-state index contributed by atoms with van der Waals surface area (Å²) in [5.74, 6) is -0.00147. The van der Waals surface area contributed by atoms with Gasteiger partial charge in [-0.1, -0.05) is 24.3 Å². The van der Waals surface area contributed by atoms with Gasteiger partial charge >= 0.3 is 0 Å². The highest BCUT2D eigenvalue weighted by Gasteiger charge is 2.16. The number of hydrogen-bond donors (Lipinski definition) is 0. The van der Waals surface area contributed by atoms with E-state index in [1.165, 1.54) is 6.07 Å². The molecule has 156 valence electrons. The lowest BCUT2D eigenvalue weighted by molar-refractivity contribution is 0.480. The van der Waals surface area contributed by atoms with Crippen molar-refractivity contribution in [3.05, 3.63) is 103 Å². The molecule has 0 amide bonds. The highest BCUT2D eigenvalue weighted by Crippen LogP contribution is 2.35. The number of rotatable bonds is 6. The summed E-state index contributed by atoms with van der Waals surface area (Å²) in [6.07, 6.45) is 1.60. The molecule has 31 heavy (non-hydrogen) atoms. The van der Waals surface area contributed by atoms with Gasteiger partial charge in [0.05, 0.1) is 11.9 Å². The normalized spacial score (nSPS) is 10.6. The van der Waals surface area contributed by atoms with E-state index >= 15 is 0 Å². The zero-order valence-corrected chi connectivity index (χ0v) is 17.2. The van der Waals surface area contributed by atoms with E-state index in [-0.39, 0.29) is 0 Å². The van der Waals surface area contributed by atoms with Crippen LogP contribution in [0.25, 0.3) is 0 Å². The molecule has 0 spiro atoms. The maximum atomic E-state index is 13.9. The van der Waals surface area contributed by atoms with E-state index in [0.717, 1.165) is 23.5 Å². The largest absolute Gasteiger partial charge is 0.456 e. The summed E-state index contributed by atoms with van der Waals surface area (Å²) in [4.78, 5) is 8.25. The summed E-state index contributed by atoms with van der Waals surface area (Å²) < 4.78 is 33.3. The van der Waals surface area contributed by atoms with E-state index in [9.17, 15) is 8.78 Å². The lowest BCUT2D eigenvalue weighted by Crippen LogP contribution is -2.12. The van der Waals surface area contributed by atoms with E-state index in [4.69, 9.17) is 4.74 Å². The molecule has 0 aliphatic heterocycles. The molecule has 6 heteroatoms. The molecule has 0 unspecified atom stereocenters. The standard InChI is InChI=1S/C25H21F2N3O/c1-29(2)19-9-6-10-21(15-19)31-22-12-14-25(28-17-22)30(18-7-4-3-5-8-18)20-11-13-23(26)24(27)16-20/h3-17H,1-2H3. The Morgan fingerprint density at radius 3 is 2.13 bits per heavy atom. The van der Waals surface area contributed by atoms with Crippen molar-refractivity contribution in [2.24, 2.45) is 0 Å². The first kappa shape index (κ1) is 20.3. The fourth-order valence-electron chi connectivity index (χ4n) is 3.14. The smallest absolute Gasteiger partial charge is 0.160 e. The first-order chi connectivity index (χ1) is 15.0. The molecule has 0 radical (unpaired) electrons. The predicted octanol–water partition coefficient (Wildman–Crippen LogP) is 6.69. The summed E-state index contributed by atoms with van der Waals surface area (Å²) in [5.41, 5.74) is 2.26. The van der Waals surface area contributed by atoms with Gasteiger partial charge in [-0.2, -0.15) is 0 Å². The molecule has 3 aromatic carbocycles. The molecule has 1 heterocycles. The third-order valence-electron chi connectivity index (χ3n) is 4.70. The Morgan fingerprint density at radius 1 is 0.677 bits per heavy atom. The number of nitrogens with zero attached hydrogens (tertiary/aromatic N) is 3. The number of halogens is 2. The second-order valence-electron chi connectivity index (χ2n) is 7.12. The Hall–Kier alpha value is -3.93. The molecule has 0 aliphatic carbocycles. The fraction of sp³-hybridized carbons (Fsp3) is 0.0800. The van der Waals surface area contributed by atoms with Crippen LogP contribution in [0.2, 0.25) is 0 Å². The van der Waals surface area contributed by atoms with Gasteiger partial charge in [-0.05, 0) is 48.5 Å². The Kier molecular flexibility index (Phi) is 5.80. The maximum absolute atomic E-state index is 13.9. The van der Waals surface area contributed by atoms with Crippen molar-refractivity contribution in [2.45, 2.75) is 0 Å². The zero-order valence-electron chi connectivity index (χ0n) is 17.2. The van der Waals surface area contributed by atoms with Crippen molar-refractivity contribution in [2.75, 3.05) is 23.9 Å². The van der Waals surface area contributed by atoms with E-state index < -0.39 is 11.6 Å². The Bertz CT molecular complexity index is 1170. The number of benzene rings is 3. The number of aromatic nitrogens is 1. The zero-order chi connectivity index (χ0) is 21.8. The third kappa shape index (κ3) is 4.64. The molecule has 4 aromatic rings. The number of para-hydroxylation sites is 1. The van der Waals surface area contributed by atoms with Crippen LogP contribution in [0.15, 0.2) is 91.1 Å². The van der Waals surface area contributed by atoms with Crippen molar-refractivity contribution >= 4 is 22.9 Å². The average Bonchev–Trinajstić information content (AvgIpc) is 2.78. The summed E-state index contributed by atoms with van der Waals surface area (Å²) in [7, 11) is 3.93. The highest BCUT2D eigenvalue weighted by molar-refractivity contribution is 5.74. The van der Waals surface area contributed by atoms with Crippen LogP contribution >= 0.6 is 0 Å². The first-order valence-electron chi connectivity index (χ1n) is 9.73. The Morgan fingerprint density at radius 2 is 1.45 bits per heavy atom. The highest BCUT2D eigenvalue weighted by atomic mass is 19.2. The molecule has 0 aliphatic rings. The van der Waals surface area contributed by atoms with Gasteiger partial charge in [0.25, 0.3) is 0 Å².